The molecular weight excluding hydrogens is 326 g/mol. The minimum absolute atomic E-state index is 0.150. The fraction of sp³-hybridized carbons (Fsp3) is 0.176. The van der Waals surface area contributed by atoms with Gasteiger partial charge in [0.15, 0.2) is 9.84 Å². The lowest BCUT2D eigenvalue weighted by Crippen LogP contribution is -1.98. The largest absolute Gasteiger partial charge is 0.390 e. The third kappa shape index (κ3) is 2.95. The molecule has 0 saturated heterocycles. The zero-order chi connectivity index (χ0) is 17.3. The number of aryl methyl sites for hydroxylation is 1. The van der Waals surface area contributed by atoms with Crippen molar-refractivity contribution in [3.63, 3.8) is 0 Å². The molecule has 0 fully saturated rings. The first-order chi connectivity index (χ1) is 11.4. The highest BCUT2D eigenvalue weighted by molar-refractivity contribution is 7.90. The maximum Gasteiger partial charge on any atom is 0.175 e. The Labute approximate surface area is 140 Å². The van der Waals surface area contributed by atoms with Gasteiger partial charge in [-0.3, -0.25) is 9.67 Å². The van der Waals surface area contributed by atoms with Crippen molar-refractivity contribution in [2.75, 3.05) is 6.26 Å². The van der Waals surface area contributed by atoms with Crippen LogP contribution < -0.4 is 0 Å². The first kappa shape index (κ1) is 16.4. The molecular formula is C17H17N3O3S. The second-order valence-electron chi connectivity index (χ2n) is 5.48. The summed E-state index contributed by atoms with van der Waals surface area (Å²) in [5.74, 6) is 0. The molecule has 0 atom stereocenters. The maximum atomic E-state index is 11.6. The minimum atomic E-state index is -3.25. The molecule has 2 heterocycles. The van der Waals surface area contributed by atoms with Gasteiger partial charge in [0, 0.05) is 36.8 Å². The van der Waals surface area contributed by atoms with E-state index in [9.17, 15) is 13.5 Å². The summed E-state index contributed by atoms with van der Waals surface area (Å²) in [5.41, 5.74) is 3.86. The molecule has 0 aliphatic carbocycles. The smallest absolute Gasteiger partial charge is 0.175 e. The van der Waals surface area contributed by atoms with Crippen molar-refractivity contribution in [1.82, 2.24) is 14.8 Å². The molecule has 124 valence electrons. The van der Waals surface area contributed by atoms with Crippen LogP contribution in [0.1, 0.15) is 5.69 Å². The maximum absolute atomic E-state index is 11.6. The zero-order valence-corrected chi connectivity index (χ0v) is 14.2. The van der Waals surface area contributed by atoms with Gasteiger partial charge >= 0.3 is 0 Å². The van der Waals surface area contributed by atoms with Crippen molar-refractivity contribution in [1.29, 1.82) is 0 Å². The van der Waals surface area contributed by atoms with Crippen molar-refractivity contribution in [3.05, 3.63) is 54.5 Å². The summed E-state index contributed by atoms with van der Waals surface area (Å²) in [5, 5.41) is 14.2. The minimum Gasteiger partial charge on any atom is -0.390 e. The van der Waals surface area contributed by atoms with Gasteiger partial charge in [-0.05, 0) is 29.8 Å². The normalized spacial score (nSPS) is 11.6. The zero-order valence-electron chi connectivity index (χ0n) is 13.3. The van der Waals surface area contributed by atoms with E-state index < -0.39 is 9.84 Å². The molecule has 0 aliphatic heterocycles. The lowest BCUT2D eigenvalue weighted by atomic mass is 10.00. The highest BCUT2D eigenvalue weighted by Gasteiger charge is 2.19. The Morgan fingerprint density at radius 3 is 2.21 bits per heavy atom. The van der Waals surface area contributed by atoms with Crippen molar-refractivity contribution >= 4 is 9.84 Å². The third-order valence-corrected chi connectivity index (χ3v) is 4.97. The Bertz CT molecular complexity index is 962. The van der Waals surface area contributed by atoms with Crippen LogP contribution in [0.4, 0.5) is 0 Å². The topological polar surface area (TPSA) is 85.1 Å². The van der Waals surface area contributed by atoms with Gasteiger partial charge in [0.25, 0.3) is 0 Å². The molecule has 6 nitrogen and oxygen atoms in total. The number of aromatic nitrogens is 3. The Kier molecular flexibility index (Phi) is 4.21. The van der Waals surface area contributed by atoms with Crippen molar-refractivity contribution < 1.29 is 13.5 Å². The predicted octanol–water partition coefficient (Wildman–Crippen LogP) is 2.04. The number of aliphatic hydroxyl groups excluding tert-OH is 1. The molecule has 0 radical (unpaired) electrons. The fourth-order valence-corrected chi connectivity index (χ4v) is 3.25. The summed E-state index contributed by atoms with van der Waals surface area (Å²) < 4.78 is 24.9. The molecule has 0 bridgehead atoms. The highest BCUT2D eigenvalue weighted by Crippen LogP contribution is 2.34. The van der Waals surface area contributed by atoms with Crippen LogP contribution in [0.25, 0.3) is 22.4 Å². The summed E-state index contributed by atoms with van der Waals surface area (Å²) in [7, 11) is -1.48. The molecule has 7 heteroatoms. The van der Waals surface area contributed by atoms with Gasteiger partial charge in [-0.25, -0.2) is 8.42 Å². The Morgan fingerprint density at radius 2 is 1.67 bits per heavy atom. The van der Waals surface area contributed by atoms with Gasteiger partial charge in [0.2, 0.25) is 0 Å². The summed E-state index contributed by atoms with van der Waals surface area (Å²) in [6.07, 6.45) is 4.54. The lowest BCUT2D eigenvalue weighted by Gasteiger charge is -2.06. The SMILES string of the molecule is Cn1nc(-c2ccc(S(C)(=O)=O)cc2)c(-c2ccncc2)c1CO. The van der Waals surface area contributed by atoms with Gasteiger partial charge < -0.3 is 5.11 Å². The highest BCUT2D eigenvalue weighted by atomic mass is 32.2. The Morgan fingerprint density at radius 1 is 1.04 bits per heavy atom. The van der Waals surface area contributed by atoms with Crippen LogP contribution in [0, 0.1) is 0 Å². The summed E-state index contributed by atoms with van der Waals surface area (Å²) in [4.78, 5) is 4.28. The number of rotatable bonds is 4. The molecule has 0 spiro atoms. The Hall–Kier alpha value is -2.51. The molecule has 1 N–H and O–H groups in total. The van der Waals surface area contributed by atoms with E-state index in [-0.39, 0.29) is 11.5 Å². The summed E-state index contributed by atoms with van der Waals surface area (Å²) >= 11 is 0. The Balaban J connectivity index is 2.18. The number of hydrogen-bond acceptors (Lipinski definition) is 5. The number of benzene rings is 1. The molecule has 0 unspecified atom stereocenters. The lowest BCUT2D eigenvalue weighted by molar-refractivity contribution is 0.271. The number of sulfone groups is 1. The van der Waals surface area contributed by atoms with Gasteiger partial charge in [0.1, 0.15) is 5.69 Å². The summed E-state index contributed by atoms with van der Waals surface area (Å²) in [6, 6.07) is 10.3. The van der Waals surface area contributed by atoms with Gasteiger partial charge in [-0.1, -0.05) is 12.1 Å². The van der Waals surface area contributed by atoms with Crippen molar-refractivity contribution in [3.8, 4) is 22.4 Å². The monoisotopic (exact) mass is 343 g/mol. The number of nitrogens with zero attached hydrogens (tertiary/aromatic N) is 3. The quantitative estimate of drug-likeness (QED) is 0.783. The summed E-state index contributed by atoms with van der Waals surface area (Å²) in [6.45, 7) is -0.150. The molecule has 0 saturated carbocycles. The van der Waals surface area contributed by atoms with E-state index in [4.69, 9.17) is 0 Å². The van der Waals surface area contributed by atoms with E-state index in [2.05, 4.69) is 10.1 Å². The molecule has 2 aromatic heterocycles. The average molecular weight is 343 g/mol. The number of hydrogen-bond donors (Lipinski definition) is 1. The number of pyridine rings is 1. The van der Waals surface area contributed by atoms with Crippen LogP contribution in [0.2, 0.25) is 0 Å². The van der Waals surface area contributed by atoms with Gasteiger partial charge in [-0.2, -0.15) is 5.10 Å². The second kappa shape index (κ2) is 6.18. The predicted molar refractivity (Wildman–Crippen MR) is 90.9 cm³/mol. The van der Waals surface area contributed by atoms with E-state index in [0.717, 1.165) is 16.7 Å². The van der Waals surface area contributed by atoms with Crippen LogP contribution >= 0.6 is 0 Å². The van der Waals surface area contributed by atoms with Crippen LogP contribution in [-0.4, -0.2) is 34.5 Å². The number of aliphatic hydroxyl groups is 1. The van der Waals surface area contributed by atoms with Crippen LogP contribution in [0.3, 0.4) is 0 Å². The molecule has 0 amide bonds. The van der Waals surface area contributed by atoms with E-state index >= 15 is 0 Å². The molecule has 24 heavy (non-hydrogen) atoms. The van der Waals surface area contributed by atoms with Crippen molar-refractivity contribution in [2.45, 2.75) is 11.5 Å². The van der Waals surface area contributed by atoms with Crippen LogP contribution in [0.15, 0.2) is 53.7 Å². The van der Waals surface area contributed by atoms with E-state index in [0.29, 0.717) is 11.4 Å². The second-order valence-corrected chi connectivity index (χ2v) is 7.50. The fourth-order valence-electron chi connectivity index (χ4n) is 2.62. The average Bonchev–Trinajstić information content (AvgIpc) is 2.91. The van der Waals surface area contributed by atoms with E-state index in [1.807, 2.05) is 12.1 Å². The molecule has 3 aromatic rings. The van der Waals surface area contributed by atoms with Gasteiger partial charge in [0.05, 0.1) is 17.2 Å². The van der Waals surface area contributed by atoms with Crippen LogP contribution in [-0.2, 0) is 23.5 Å². The third-order valence-electron chi connectivity index (χ3n) is 3.84. The van der Waals surface area contributed by atoms with E-state index in [1.54, 1.807) is 48.4 Å². The van der Waals surface area contributed by atoms with Crippen LogP contribution in [0.5, 0.6) is 0 Å². The standard InChI is InChI=1S/C17H17N3O3S/c1-20-15(11-21)16(12-7-9-18-10-8-12)17(19-20)13-3-5-14(6-4-13)24(2,22)23/h3-10,21H,11H2,1-2H3. The van der Waals surface area contributed by atoms with Crippen molar-refractivity contribution in [2.24, 2.45) is 7.05 Å². The first-order valence-electron chi connectivity index (χ1n) is 7.29. The molecule has 0 aliphatic rings. The first-order valence-corrected chi connectivity index (χ1v) is 9.18. The van der Waals surface area contributed by atoms with E-state index in [1.165, 1.54) is 6.26 Å². The molecule has 3 rings (SSSR count). The van der Waals surface area contributed by atoms with Gasteiger partial charge in [-0.15, -0.1) is 0 Å². The molecule has 1 aromatic carbocycles.